The van der Waals surface area contributed by atoms with E-state index in [1.54, 1.807) is 30.3 Å². The summed E-state index contributed by atoms with van der Waals surface area (Å²) in [5.41, 5.74) is 1.51. The van der Waals surface area contributed by atoms with Crippen LogP contribution in [0, 0.1) is 0 Å². The molecule has 0 spiro atoms. The van der Waals surface area contributed by atoms with E-state index in [1.165, 1.54) is 63.6 Å². The minimum absolute atomic E-state index is 0.0160. The van der Waals surface area contributed by atoms with E-state index >= 15 is 0 Å². The molecule has 0 aliphatic carbocycles. The van der Waals surface area contributed by atoms with Gasteiger partial charge in [-0.2, -0.15) is 0 Å². The molecule has 0 heterocycles. The number of benzene rings is 4. The number of hydrogen-bond acceptors (Lipinski definition) is 7. The average molecular weight is 701 g/mol. The highest BCUT2D eigenvalue weighted by atomic mass is 35.5. The number of methoxy groups -OCH3 is 3. The Morgan fingerprint density at radius 3 is 2.00 bits per heavy atom. The number of likely N-dealkylation sites (N-methyl/N-ethyl adjacent to an activating group) is 1. The van der Waals surface area contributed by atoms with Gasteiger partial charge in [-0.15, -0.1) is 0 Å². The number of anilines is 1. The number of sulfonamides is 1. The van der Waals surface area contributed by atoms with Crippen LogP contribution in [0.1, 0.15) is 11.1 Å². The Balaban J connectivity index is 1.86. The van der Waals surface area contributed by atoms with Crippen molar-refractivity contribution in [1.29, 1.82) is 0 Å². The largest absolute Gasteiger partial charge is 0.495 e. The highest BCUT2D eigenvalue weighted by Gasteiger charge is 2.36. The zero-order valence-electron chi connectivity index (χ0n) is 26.3. The molecule has 4 aromatic rings. The van der Waals surface area contributed by atoms with E-state index in [0.29, 0.717) is 16.3 Å². The number of halogens is 2. The molecular formula is C34H35Cl2N3O7S. The molecule has 0 aliphatic rings. The molecule has 1 atom stereocenters. The van der Waals surface area contributed by atoms with Crippen LogP contribution < -0.4 is 23.8 Å². The molecule has 0 radical (unpaired) electrons. The lowest BCUT2D eigenvalue weighted by molar-refractivity contribution is -0.139. The summed E-state index contributed by atoms with van der Waals surface area (Å²) in [6, 6.07) is 23.6. The Morgan fingerprint density at radius 2 is 1.38 bits per heavy atom. The number of nitrogens with one attached hydrogen (secondary N) is 1. The van der Waals surface area contributed by atoms with Gasteiger partial charge in [0.2, 0.25) is 11.8 Å². The second-order valence-electron chi connectivity index (χ2n) is 10.3. The van der Waals surface area contributed by atoms with E-state index in [0.717, 1.165) is 9.87 Å². The van der Waals surface area contributed by atoms with Gasteiger partial charge in [-0.05, 0) is 53.6 Å². The summed E-state index contributed by atoms with van der Waals surface area (Å²) in [6.45, 7) is -0.721. The number of carbonyl (C=O) groups excluding carboxylic acids is 2. The maximum absolute atomic E-state index is 14.5. The van der Waals surface area contributed by atoms with Crippen LogP contribution in [0.15, 0.2) is 95.9 Å². The molecule has 0 aliphatic heterocycles. The summed E-state index contributed by atoms with van der Waals surface area (Å²) in [4.78, 5) is 29.2. The highest BCUT2D eigenvalue weighted by molar-refractivity contribution is 7.92. The lowest BCUT2D eigenvalue weighted by atomic mass is 10.0. The van der Waals surface area contributed by atoms with Gasteiger partial charge in [0.05, 0.1) is 31.9 Å². The van der Waals surface area contributed by atoms with Crippen LogP contribution in [-0.4, -0.2) is 66.1 Å². The van der Waals surface area contributed by atoms with Crippen molar-refractivity contribution in [2.75, 3.05) is 39.2 Å². The molecule has 0 unspecified atom stereocenters. The molecule has 0 saturated carbocycles. The number of hydrogen-bond donors (Lipinski definition) is 1. The molecule has 4 rings (SSSR count). The van der Waals surface area contributed by atoms with E-state index in [9.17, 15) is 18.0 Å². The van der Waals surface area contributed by atoms with E-state index in [1.807, 2.05) is 30.3 Å². The topological polar surface area (TPSA) is 114 Å². The molecular weight excluding hydrogens is 665 g/mol. The van der Waals surface area contributed by atoms with Gasteiger partial charge in [-0.3, -0.25) is 13.9 Å². The lowest BCUT2D eigenvalue weighted by Crippen LogP contribution is -2.53. The van der Waals surface area contributed by atoms with Gasteiger partial charge in [0, 0.05) is 36.1 Å². The Kier molecular flexibility index (Phi) is 12.0. The minimum atomic E-state index is -4.48. The zero-order chi connectivity index (χ0) is 34.1. The predicted molar refractivity (Wildman–Crippen MR) is 182 cm³/mol. The van der Waals surface area contributed by atoms with Crippen LogP contribution in [-0.2, 0) is 32.6 Å². The normalized spacial score (nSPS) is 11.7. The van der Waals surface area contributed by atoms with Crippen molar-refractivity contribution in [2.24, 2.45) is 0 Å². The number of carbonyl (C=O) groups is 2. The molecule has 47 heavy (non-hydrogen) atoms. The van der Waals surface area contributed by atoms with Crippen molar-refractivity contribution in [3.8, 4) is 17.2 Å². The second kappa shape index (κ2) is 15.9. The molecule has 1 N–H and O–H groups in total. The Morgan fingerprint density at radius 1 is 0.766 bits per heavy atom. The lowest BCUT2D eigenvalue weighted by Gasteiger charge is -2.34. The molecule has 4 aromatic carbocycles. The van der Waals surface area contributed by atoms with E-state index in [2.05, 4.69) is 5.32 Å². The first-order valence-electron chi connectivity index (χ1n) is 14.4. The molecule has 10 nitrogen and oxygen atoms in total. The van der Waals surface area contributed by atoms with Gasteiger partial charge >= 0.3 is 0 Å². The van der Waals surface area contributed by atoms with Crippen molar-refractivity contribution in [3.05, 3.63) is 112 Å². The van der Waals surface area contributed by atoms with Crippen LogP contribution in [0.2, 0.25) is 10.0 Å². The molecule has 13 heteroatoms. The number of nitrogens with zero attached hydrogens (tertiary/aromatic N) is 2. The van der Waals surface area contributed by atoms with Gasteiger partial charge in [0.25, 0.3) is 10.0 Å². The third-order valence-corrected chi connectivity index (χ3v) is 9.66. The molecule has 248 valence electrons. The van der Waals surface area contributed by atoms with Gasteiger partial charge in [-0.1, -0.05) is 65.7 Å². The Bertz CT molecular complexity index is 1810. The van der Waals surface area contributed by atoms with Crippen LogP contribution in [0.4, 0.5) is 5.69 Å². The summed E-state index contributed by atoms with van der Waals surface area (Å²) in [7, 11) is 1.19. The van der Waals surface area contributed by atoms with Crippen LogP contribution in [0.5, 0.6) is 17.2 Å². The molecule has 0 bridgehead atoms. The molecule has 0 fully saturated rings. The van der Waals surface area contributed by atoms with E-state index in [4.69, 9.17) is 37.4 Å². The van der Waals surface area contributed by atoms with Crippen molar-refractivity contribution in [3.63, 3.8) is 0 Å². The average Bonchev–Trinajstić information content (AvgIpc) is 3.09. The van der Waals surface area contributed by atoms with Crippen molar-refractivity contribution in [1.82, 2.24) is 10.2 Å². The maximum Gasteiger partial charge on any atom is 0.265 e. The summed E-state index contributed by atoms with van der Waals surface area (Å²) < 4.78 is 46.0. The highest BCUT2D eigenvalue weighted by Crippen LogP contribution is 2.37. The Labute approximate surface area is 284 Å². The van der Waals surface area contributed by atoms with Crippen LogP contribution in [0.25, 0.3) is 0 Å². The van der Waals surface area contributed by atoms with Crippen molar-refractivity contribution >= 4 is 50.7 Å². The monoisotopic (exact) mass is 699 g/mol. The molecule has 0 aromatic heterocycles. The first-order valence-corrected chi connectivity index (χ1v) is 16.6. The summed E-state index contributed by atoms with van der Waals surface area (Å²) >= 11 is 12.5. The fourth-order valence-corrected chi connectivity index (χ4v) is 6.71. The number of ether oxygens (including phenoxy) is 3. The van der Waals surface area contributed by atoms with Crippen molar-refractivity contribution < 1.29 is 32.2 Å². The van der Waals surface area contributed by atoms with Crippen molar-refractivity contribution in [2.45, 2.75) is 23.9 Å². The maximum atomic E-state index is 14.5. The standard InChI is InChI=1S/C34H35Cl2N3O7S/c1-37-34(41)29(18-23-8-6-5-7-9-23)38(21-24-10-12-25(35)13-11-24)33(40)22-39(28-19-26(36)14-16-30(28)44-2)47(42,43)27-15-17-31(45-3)32(20-27)46-4/h5-17,19-20,29H,18,21-22H2,1-4H3,(H,37,41)/t29-/m0/s1. The van der Waals surface area contributed by atoms with Gasteiger partial charge < -0.3 is 24.4 Å². The second-order valence-corrected chi connectivity index (χ2v) is 13.0. The number of amides is 2. The molecule has 2 amide bonds. The van der Waals surface area contributed by atoms with Gasteiger partial charge in [0.1, 0.15) is 18.3 Å². The summed E-state index contributed by atoms with van der Waals surface area (Å²) in [6.07, 6.45) is 0.169. The Hall–Kier alpha value is -4.45. The zero-order valence-corrected chi connectivity index (χ0v) is 28.6. The van der Waals surface area contributed by atoms with E-state index < -0.39 is 34.4 Å². The number of rotatable bonds is 14. The van der Waals surface area contributed by atoms with E-state index in [-0.39, 0.29) is 40.1 Å². The minimum Gasteiger partial charge on any atom is -0.495 e. The smallest absolute Gasteiger partial charge is 0.265 e. The summed E-state index contributed by atoms with van der Waals surface area (Å²) in [5.74, 6) is -0.438. The first-order chi connectivity index (χ1) is 22.5. The van der Waals surface area contributed by atoms with Crippen LogP contribution in [0.3, 0.4) is 0 Å². The third-order valence-electron chi connectivity index (χ3n) is 7.42. The summed E-state index contributed by atoms with van der Waals surface area (Å²) in [5, 5.41) is 3.37. The fraction of sp³-hybridized carbons (Fsp3) is 0.235. The quantitative estimate of drug-likeness (QED) is 0.182. The first kappa shape index (κ1) is 35.4. The SMILES string of the molecule is CNC(=O)[C@H](Cc1ccccc1)N(Cc1ccc(Cl)cc1)C(=O)CN(c1cc(Cl)ccc1OC)S(=O)(=O)c1ccc(OC)c(OC)c1. The van der Waals surface area contributed by atoms with Gasteiger partial charge in [0.15, 0.2) is 11.5 Å². The third kappa shape index (κ3) is 8.48. The predicted octanol–water partition coefficient (Wildman–Crippen LogP) is 5.60. The van der Waals surface area contributed by atoms with Gasteiger partial charge in [-0.25, -0.2) is 8.42 Å². The fourth-order valence-electron chi connectivity index (χ4n) is 4.98. The molecule has 0 saturated heterocycles. The van der Waals surface area contributed by atoms with Crippen LogP contribution >= 0.6 is 23.2 Å².